The van der Waals surface area contributed by atoms with Gasteiger partial charge in [0.15, 0.2) is 15.8 Å². The number of hydrogen-bond donors (Lipinski definition) is 2. The van der Waals surface area contributed by atoms with Gasteiger partial charge in [0.1, 0.15) is 0 Å². The van der Waals surface area contributed by atoms with Crippen LogP contribution in [-0.4, -0.2) is 83.1 Å². The van der Waals surface area contributed by atoms with Gasteiger partial charge in [0.25, 0.3) is 0 Å². The number of aryl methyl sites for hydroxylation is 1. The number of guanidine groups is 1. The van der Waals surface area contributed by atoms with Crippen LogP contribution in [0.4, 0.5) is 5.69 Å². The van der Waals surface area contributed by atoms with E-state index in [9.17, 15) is 8.42 Å². The van der Waals surface area contributed by atoms with Gasteiger partial charge >= 0.3 is 0 Å². The van der Waals surface area contributed by atoms with Crippen LogP contribution in [0.1, 0.15) is 19.4 Å². The van der Waals surface area contributed by atoms with Crippen molar-refractivity contribution in [3.8, 4) is 0 Å². The summed E-state index contributed by atoms with van der Waals surface area (Å²) in [5, 5.41) is 6.68. The van der Waals surface area contributed by atoms with Crippen molar-refractivity contribution in [2.75, 3.05) is 68.8 Å². The molecule has 0 atom stereocenters. The highest BCUT2D eigenvalue weighted by Crippen LogP contribution is 2.14. The van der Waals surface area contributed by atoms with E-state index in [1.165, 1.54) is 11.3 Å². The molecule has 0 bridgehead atoms. The fraction of sp³-hybridized carbons (Fsp3) is 0.650. The Bertz CT molecular complexity index is 728. The van der Waals surface area contributed by atoms with Crippen LogP contribution in [0.5, 0.6) is 0 Å². The maximum absolute atomic E-state index is 11.5. The predicted molar refractivity (Wildman–Crippen MR) is 134 cm³/mol. The van der Waals surface area contributed by atoms with Gasteiger partial charge in [-0.1, -0.05) is 12.1 Å². The molecule has 0 aliphatic carbocycles. The molecule has 9 heteroatoms. The summed E-state index contributed by atoms with van der Waals surface area (Å²) in [6.07, 6.45) is 0. The maximum Gasteiger partial charge on any atom is 0.191 e. The molecule has 7 nitrogen and oxygen atoms in total. The molecule has 0 aromatic heterocycles. The van der Waals surface area contributed by atoms with E-state index in [2.05, 4.69) is 70.5 Å². The maximum atomic E-state index is 11.5. The number of rotatable bonds is 9. The van der Waals surface area contributed by atoms with Crippen molar-refractivity contribution in [2.24, 2.45) is 4.99 Å². The van der Waals surface area contributed by atoms with E-state index in [1.807, 2.05) is 0 Å². The first kappa shape index (κ1) is 26.0. The lowest BCUT2D eigenvalue weighted by Crippen LogP contribution is -2.43. The molecular weight excluding hydrogens is 501 g/mol. The Morgan fingerprint density at radius 1 is 1.21 bits per heavy atom. The van der Waals surface area contributed by atoms with Crippen LogP contribution in [0.3, 0.4) is 0 Å². The van der Waals surface area contributed by atoms with Gasteiger partial charge in [0, 0.05) is 51.5 Å². The van der Waals surface area contributed by atoms with Crippen molar-refractivity contribution in [1.82, 2.24) is 15.5 Å². The molecule has 1 saturated heterocycles. The molecule has 1 aliphatic heterocycles. The molecule has 1 heterocycles. The minimum atomic E-state index is -2.82. The quantitative estimate of drug-likeness (QED) is 0.284. The second kappa shape index (κ2) is 13.3. The number of benzene rings is 1. The number of nitrogens with zero attached hydrogens (tertiary/aromatic N) is 3. The lowest BCUT2D eigenvalue weighted by atomic mass is 10.2. The highest BCUT2D eigenvalue weighted by atomic mass is 127. The van der Waals surface area contributed by atoms with Crippen molar-refractivity contribution in [1.29, 1.82) is 0 Å². The van der Waals surface area contributed by atoms with Gasteiger partial charge in [-0.2, -0.15) is 0 Å². The van der Waals surface area contributed by atoms with Gasteiger partial charge in [0.05, 0.1) is 18.1 Å². The third-order valence-corrected chi connectivity index (χ3v) is 6.50. The van der Waals surface area contributed by atoms with Crippen molar-refractivity contribution < 1.29 is 8.42 Å². The zero-order valence-electron chi connectivity index (χ0n) is 17.9. The van der Waals surface area contributed by atoms with Gasteiger partial charge in [-0.25, -0.2) is 8.42 Å². The SMILES string of the molecule is CCNC(=NCCN1CCS(=O)(=O)CC1)NCCN(CC)c1cccc(C)c1.I. The van der Waals surface area contributed by atoms with E-state index in [0.717, 1.165) is 38.7 Å². The molecule has 1 fully saturated rings. The highest BCUT2D eigenvalue weighted by Gasteiger charge is 2.20. The Labute approximate surface area is 193 Å². The van der Waals surface area contributed by atoms with E-state index < -0.39 is 9.84 Å². The summed E-state index contributed by atoms with van der Waals surface area (Å²) in [6.45, 7) is 12.5. The largest absolute Gasteiger partial charge is 0.370 e. The summed E-state index contributed by atoms with van der Waals surface area (Å²) < 4.78 is 23.0. The van der Waals surface area contributed by atoms with Crippen LogP contribution in [0.2, 0.25) is 0 Å². The molecule has 1 aromatic carbocycles. The Morgan fingerprint density at radius 2 is 1.93 bits per heavy atom. The fourth-order valence-corrected chi connectivity index (χ4v) is 4.50. The number of hydrogen-bond acceptors (Lipinski definition) is 5. The van der Waals surface area contributed by atoms with E-state index in [0.29, 0.717) is 19.6 Å². The highest BCUT2D eigenvalue weighted by molar-refractivity contribution is 14.0. The summed E-state index contributed by atoms with van der Waals surface area (Å²) in [6, 6.07) is 8.57. The summed E-state index contributed by atoms with van der Waals surface area (Å²) in [7, 11) is -2.82. The van der Waals surface area contributed by atoms with Crippen molar-refractivity contribution >= 4 is 45.5 Å². The number of aliphatic imine (C=N–C) groups is 1. The van der Waals surface area contributed by atoms with Crippen LogP contribution < -0.4 is 15.5 Å². The molecule has 0 radical (unpaired) electrons. The fourth-order valence-electron chi connectivity index (χ4n) is 3.22. The molecule has 0 saturated carbocycles. The smallest absolute Gasteiger partial charge is 0.191 e. The first-order chi connectivity index (χ1) is 13.4. The number of nitrogens with one attached hydrogen (secondary N) is 2. The first-order valence-corrected chi connectivity index (χ1v) is 12.0. The third-order valence-electron chi connectivity index (χ3n) is 4.89. The molecular formula is C20H36IN5O2S. The van der Waals surface area contributed by atoms with Crippen molar-refractivity contribution in [2.45, 2.75) is 20.8 Å². The first-order valence-electron chi connectivity index (χ1n) is 10.2. The van der Waals surface area contributed by atoms with E-state index in [-0.39, 0.29) is 35.5 Å². The zero-order valence-corrected chi connectivity index (χ0v) is 21.0. The van der Waals surface area contributed by atoms with Crippen LogP contribution in [-0.2, 0) is 9.84 Å². The summed E-state index contributed by atoms with van der Waals surface area (Å²) in [4.78, 5) is 9.15. The monoisotopic (exact) mass is 537 g/mol. The molecule has 2 N–H and O–H groups in total. The molecule has 166 valence electrons. The molecule has 1 aliphatic rings. The van der Waals surface area contributed by atoms with Gasteiger partial charge < -0.3 is 15.5 Å². The van der Waals surface area contributed by atoms with Crippen LogP contribution in [0.25, 0.3) is 0 Å². The van der Waals surface area contributed by atoms with Crippen LogP contribution in [0.15, 0.2) is 29.3 Å². The van der Waals surface area contributed by atoms with E-state index >= 15 is 0 Å². The molecule has 1 aromatic rings. The minimum absolute atomic E-state index is 0. The van der Waals surface area contributed by atoms with E-state index in [1.54, 1.807) is 0 Å². The van der Waals surface area contributed by atoms with Gasteiger partial charge in [-0.05, 0) is 38.5 Å². The second-order valence-electron chi connectivity index (χ2n) is 7.10. The van der Waals surface area contributed by atoms with Gasteiger partial charge in [-0.15, -0.1) is 24.0 Å². The normalized spacial score (nSPS) is 16.7. The average Bonchev–Trinajstić information content (AvgIpc) is 2.66. The lowest BCUT2D eigenvalue weighted by Gasteiger charge is -2.26. The predicted octanol–water partition coefficient (Wildman–Crippen LogP) is 1.72. The summed E-state index contributed by atoms with van der Waals surface area (Å²) in [5.41, 5.74) is 2.51. The second-order valence-corrected chi connectivity index (χ2v) is 9.40. The standard InChI is InChI=1S/C20H35N5O2S.HI/c1-4-21-20(22-9-11-24-13-15-28(26,27)16-14-24)23-10-12-25(5-2)19-8-6-7-18(3)17-19;/h6-8,17H,4-5,9-16H2,1-3H3,(H2,21,22,23);1H. The lowest BCUT2D eigenvalue weighted by molar-refractivity contribution is 0.304. The molecule has 2 rings (SSSR count). The number of halogens is 1. The summed E-state index contributed by atoms with van der Waals surface area (Å²) >= 11 is 0. The average molecular weight is 538 g/mol. The minimum Gasteiger partial charge on any atom is -0.370 e. The number of anilines is 1. The van der Waals surface area contributed by atoms with E-state index in [4.69, 9.17) is 0 Å². The van der Waals surface area contributed by atoms with Gasteiger partial charge in [-0.3, -0.25) is 9.89 Å². The van der Waals surface area contributed by atoms with Gasteiger partial charge in [0.2, 0.25) is 0 Å². The number of sulfone groups is 1. The Kier molecular flexibility index (Phi) is 11.9. The molecule has 0 amide bonds. The zero-order chi connectivity index (χ0) is 20.4. The molecule has 29 heavy (non-hydrogen) atoms. The Balaban J connectivity index is 0.00000420. The molecule has 0 spiro atoms. The van der Waals surface area contributed by atoms with Crippen molar-refractivity contribution in [3.63, 3.8) is 0 Å². The topological polar surface area (TPSA) is 77.0 Å². The number of likely N-dealkylation sites (N-methyl/N-ethyl adjacent to an activating group) is 1. The third kappa shape index (κ3) is 9.52. The van der Waals surface area contributed by atoms with Crippen molar-refractivity contribution in [3.05, 3.63) is 29.8 Å². The Hall–Kier alpha value is -1.07. The van der Waals surface area contributed by atoms with Crippen LogP contribution in [0, 0.1) is 6.92 Å². The molecule has 0 unspecified atom stereocenters. The summed E-state index contributed by atoms with van der Waals surface area (Å²) in [5.74, 6) is 1.34. The Morgan fingerprint density at radius 3 is 2.55 bits per heavy atom. The van der Waals surface area contributed by atoms with Crippen LogP contribution >= 0.6 is 24.0 Å².